The highest BCUT2D eigenvalue weighted by molar-refractivity contribution is 7.88. The maximum atomic E-state index is 14.5. The van der Waals surface area contributed by atoms with Crippen LogP contribution in [0.1, 0.15) is 17.4 Å². The molecule has 0 aromatic carbocycles. The van der Waals surface area contributed by atoms with E-state index in [0.717, 1.165) is 24.2 Å². The van der Waals surface area contributed by atoms with Gasteiger partial charge in [0.15, 0.2) is 5.82 Å². The molecule has 4 N–H and O–H groups in total. The monoisotopic (exact) mass is 554 g/mol. The molecule has 0 aliphatic carbocycles. The molecule has 206 valence electrons. The molecule has 0 spiro atoms. The van der Waals surface area contributed by atoms with E-state index in [4.69, 9.17) is 9.47 Å². The van der Waals surface area contributed by atoms with Crippen molar-refractivity contribution in [2.45, 2.75) is 19.0 Å². The van der Waals surface area contributed by atoms with E-state index in [2.05, 4.69) is 45.5 Å². The van der Waals surface area contributed by atoms with Gasteiger partial charge in [-0.05, 0) is 6.92 Å². The Morgan fingerprint density at radius 2 is 2.05 bits per heavy atom. The van der Waals surface area contributed by atoms with E-state index in [-0.39, 0.29) is 43.3 Å². The average Bonchev–Trinajstić information content (AvgIpc) is 3.26. The van der Waals surface area contributed by atoms with Crippen molar-refractivity contribution in [3.05, 3.63) is 41.4 Å². The van der Waals surface area contributed by atoms with Crippen molar-refractivity contribution in [1.82, 2.24) is 34.9 Å². The number of hydrogen-bond acceptors (Lipinski definition) is 12. The number of aromatic nitrogens is 6. The van der Waals surface area contributed by atoms with Crippen LogP contribution in [0.4, 0.5) is 32.4 Å². The number of rotatable bonds is 11. The van der Waals surface area contributed by atoms with Crippen molar-refractivity contribution in [3.8, 4) is 0 Å². The molecule has 1 fully saturated rings. The molecule has 17 heteroatoms. The Kier molecular flexibility index (Phi) is 8.60. The Balaban J connectivity index is 1.69. The number of morpholine rings is 1. The van der Waals surface area contributed by atoms with Crippen molar-refractivity contribution in [2.24, 2.45) is 0 Å². The third-order valence-corrected chi connectivity index (χ3v) is 6.13. The quantitative estimate of drug-likeness (QED) is 0.264. The highest BCUT2D eigenvalue weighted by Gasteiger charge is 2.28. The van der Waals surface area contributed by atoms with E-state index in [1.54, 1.807) is 11.0 Å². The number of anilines is 4. The summed E-state index contributed by atoms with van der Waals surface area (Å²) in [6.07, 6.45) is 1.97. The number of hydrogen-bond donors (Lipinski definition) is 4. The summed E-state index contributed by atoms with van der Waals surface area (Å²) in [4.78, 5) is 19.1. The molecule has 0 saturated carbocycles. The first-order chi connectivity index (χ1) is 18.1. The van der Waals surface area contributed by atoms with Gasteiger partial charge in [0, 0.05) is 38.0 Å². The first kappa shape index (κ1) is 27.5. The number of nitrogens with zero attached hydrogens (tertiary/aromatic N) is 6. The van der Waals surface area contributed by atoms with Gasteiger partial charge in [0.1, 0.15) is 17.3 Å². The molecule has 0 unspecified atom stereocenters. The summed E-state index contributed by atoms with van der Waals surface area (Å²) in [7, 11) is -2.02. The first-order valence-electron chi connectivity index (χ1n) is 11.5. The van der Waals surface area contributed by atoms with E-state index in [9.17, 15) is 17.2 Å². The van der Waals surface area contributed by atoms with Gasteiger partial charge in [-0.25, -0.2) is 21.9 Å². The minimum absolute atomic E-state index is 0.0314. The molecule has 38 heavy (non-hydrogen) atoms. The predicted molar refractivity (Wildman–Crippen MR) is 134 cm³/mol. The molecule has 2 atom stereocenters. The van der Waals surface area contributed by atoms with Crippen LogP contribution in [0, 0.1) is 18.6 Å². The Bertz CT molecular complexity index is 1360. The molecule has 0 amide bonds. The van der Waals surface area contributed by atoms with Crippen molar-refractivity contribution >= 4 is 33.7 Å². The third-order valence-electron chi connectivity index (χ3n) is 5.44. The molecule has 4 heterocycles. The highest BCUT2D eigenvalue weighted by atomic mass is 32.2. The third kappa shape index (κ3) is 7.27. The van der Waals surface area contributed by atoms with Crippen LogP contribution in [0.25, 0.3) is 0 Å². The van der Waals surface area contributed by atoms with E-state index in [1.807, 2.05) is 6.92 Å². The lowest BCUT2D eigenvalue weighted by atomic mass is 10.2. The number of nitrogens with one attached hydrogen (secondary N) is 4. The van der Waals surface area contributed by atoms with Crippen LogP contribution in [0.2, 0.25) is 0 Å². The fraction of sp³-hybridized carbons (Fsp3) is 0.476. The number of ether oxygens (including phenoxy) is 2. The minimum atomic E-state index is -3.45. The Labute approximate surface area is 217 Å². The number of methoxy groups -OCH3 is 1. The van der Waals surface area contributed by atoms with Gasteiger partial charge in [-0.1, -0.05) is 0 Å². The predicted octanol–water partition coefficient (Wildman–Crippen LogP) is 0.874. The second kappa shape index (κ2) is 11.9. The molecule has 1 saturated heterocycles. The zero-order chi connectivity index (χ0) is 27.3. The first-order valence-corrected chi connectivity index (χ1v) is 13.4. The summed E-state index contributed by atoms with van der Waals surface area (Å²) in [6.45, 7) is 2.83. The summed E-state index contributed by atoms with van der Waals surface area (Å²) in [6, 6.07) is 1.19. The molecule has 3 aromatic heterocycles. The molecule has 1 aliphatic rings. The van der Waals surface area contributed by atoms with Gasteiger partial charge in [0.25, 0.3) is 0 Å². The summed E-state index contributed by atoms with van der Waals surface area (Å²) < 4.78 is 64.6. The Hall–Kier alpha value is -3.54. The largest absolute Gasteiger partial charge is 0.382 e. The van der Waals surface area contributed by atoms with Gasteiger partial charge in [-0.15, -0.1) is 0 Å². The summed E-state index contributed by atoms with van der Waals surface area (Å²) in [5, 5.41) is 12.9. The normalized spacial score (nSPS) is 16.9. The van der Waals surface area contributed by atoms with Crippen molar-refractivity contribution < 1.29 is 26.7 Å². The molecular weight excluding hydrogens is 526 g/mol. The number of H-pyrrole nitrogens is 1. The van der Waals surface area contributed by atoms with Crippen molar-refractivity contribution in [1.29, 1.82) is 0 Å². The van der Waals surface area contributed by atoms with Crippen molar-refractivity contribution in [3.63, 3.8) is 0 Å². The zero-order valence-electron chi connectivity index (χ0n) is 20.9. The van der Waals surface area contributed by atoms with E-state index >= 15 is 0 Å². The van der Waals surface area contributed by atoms with Crippen LogP contribution in [0.15, 0.2) is 18.3 Å². The van der Waals surface area contributed by atoms with Crippen LogP contribution in [0.5, 0.6) is 0 Å². The fourth-order valence-corrected chi connectivity index (χ4v) is 4.23. The maximum absolute atomic E-state index is 14.5. The molecule has 0 bridgehead atoms. The average molecular weight is 555 g/mol. The van der Waals surface area contributed by atoms with Gasteiger partial charge in [0.05, 0.1) is 44.4 Å². The summed E-state index contributed by atoms with van der Waals surface area (Å²) in [5.74, 6) is -0.856. The number of aromatic amines is 1. The van der Waals surface area contributed by atoms with Gasteiger partial charge >= 0.3 is 0 Å². The van der Waals surface area contributed by atoms with Gasteiger partial charge < -0.3 is 25.0 Å². The van der Waals surface area contributed by atoms with Gasteiger partial charge in [0.2, 0.25) is 27.9 Å². The number of halogens is 2. The lowest BCUT2D eigenvalue weighted by Gasteiger charge is -2.35. The molecule has 14 nitrogen and oxygen atoms in total. The highest BCUT2D eigenvalue weighted by Crippen LogP contribution is 2.24. The molecule has 3 aromatic rings. The molecule has 4 rings (SSSR count). The summed E-state index contributed by atoms with van der Waals surface area (Å²) in [5.41, 5.74) is 0.715. The van der Waals surface area contributed by atoms with Gasteiger partial charge in [-0.3, -0.25) is 10.1 Å². The van der Waals surface area contributed by atoms with E-state index in [1.165, 1.54) is 7.11 Å². The van der Waals surface area contributed by atoms with Crippen LogP contribution in [-0.4, -0.2) is 90.9 Å². The van der Waals surface area contributed by atoms with Crippen LogP contribution in [0.3, 0.4) is 0 Å². The number of aryl methyl sites for hydroxylation is 1. The second-order valence-corrected chi connectivity index (χ2v) is 10.4. The number of pyridine rings is 1. The lowest BCUT2D eigenvalue weighted by molar-refractivity contribution is 0.0944. The molecule has 0 radical (unpaired) electrons. The molecular formula is C21H28F2N10O4S. The zero-order valence-corrected chi connectivity index (χ0v) is 21.7. The fourth-order valence-electron chi connectivity index (χ4n) is 3.74. The van der Waals surface area contributed by atoms with Gasteiger partial charge in [-0.2, -0.15) is 20.1 Å². The van der Waals surface area contributed by atoms with Crippen molar-refractivity contribution in [2.75, 3.05) is 61.8 Å². The van der Waals surface area contributed by atoms with E-state index in [0.29, 0.717) is 19.0 Å². The Morgan fingerprint density at radius 3 is 2.74 bits per heavy atom. The lowest BCUT2D eigenvalue weighted by Crippen LogP contribution is -2.52. The van der Waals surface area contributed by atoms with Crippen LogP contribution >= 0.6 is 0 Å². The SMILES string of the molecule is COC[C@H](Nc1nc(Nc2cc(C)[nH]n2)nc(N2CCOC[C@H]2CNS(C)(=O)=O)n1)c1ncc(F)cc1F. The standard InChI is InChI=1S/C21H28F2N10O4S/c1-12-6-17(32-31-12)27-20-28-19(26-16(11-36-2)18-15(23)7-13(22)8-24-18)29-21(30-20)33-4-5-37-10-14(33)9-25-38(3,34)35/h6-8,14,16,25H,4-5,9-11H2,1-3H3,(H3,26,27,28,29,30,31,32)/t14-,16+/m1/s1. The Morgan fingerprint density at radius 1 is 1.26 bits per heavy atom. The summed E-state index contributed by atoms with van der Waals surface area (Å²) >= 11 is 0. The topological polar surface area (TPSA) is 172 Å². The maximum Gasteiger partial charge on any atom is 0.235 e. The van der Waals surface area contributed by atoms with E-state index < -0.39 is 33.7 Å². The minimum Gasteiger partial charge on any atom is -0.382 e. The van der Waals surface area contributed by atoms with Crippen LogP contribution in [-0.2, 0) is 19.5 Å². The second-order valence-electron chi connectivity index (χ2n) is 8.56. The smallest absolute Gasteiger partial charge is 0.235 e. The number of sulfonamides is 1. The van der Waals surface area contributed by atoms with Crippen LogP contribution < -0.4 is 20.3 Å². The molecule has 1 aliphatic heterocycles.